The molecule has 0 saturated heterocycles. The second kappa shape index (κ2) is 8.21. The number of fused-ring (bicyclic) bond motifs is 1. The predicted molar refractivity (Wildman–Crippen MR) is 101 cm³/mol. The minimum absolute atomic E-state index is 0. The van der Waals surface area contributed by atoms with Gasteiger partial charge in [0.2, 0.25) is 5.72 Å². The lowest BCUT2D eigenvalue weighted by atomic mass is 10.0. The Morgan fingerprint density at radius 1 is 1.40 bits per heavy atom. The van der Waals surface area contributed by atoms with Gasteiger partial charge in [-0.3, -0.25) is 0 Å². The van der Waals surface area contributed by atoms with Crippen LogP contribution in [0.1, 0.15) is 12.0 Å². The molecule has 1 aromatic heterocycles. The Kier molecular flexibility index (Phi) is 6.48. The molecule has 1 N–H and O–H groups in total. The van der Waals surface area contributed by atoms with Crippen LogP contribution in [0.2, 0.25) is 10.0 Å². The maximum absolute atomic E-state index is 11.4. The molecule has 0 amide bonds. The number of hydrogen-bond donors (Lipinski definition) is 1. The summed E-state index contributed by atoms with van der Waals surface area (Å²) >= 11 is 12.1. The highest BCUT2D eigenvalue weighted by molar-refractivity contribution is 8.93. The van der Waals surface area contributed by atoms with Gasteiger partial charge in [-0.2, -0.15) is 0 Å². The lowest BCUT2D eigenvalue weighted by molar-refractivity contribution is -0.685. The Hall–Kier alpha value is -1.57. The van der Waals surface area contributed by atoms with E-state index < -0.39 is 5.72 Å². The summed E-state index contributed by atoms with van der Waals surface area (Å²) in [5.74, 6) is 0.645. The molecule has 1 aromatic carbocycles. The van der Waals surface area contributed by atoms with Crippen LogP contribution in [0.4, 0.5) is 5.95 Å². The number of halogens is 3. The number of benzene rings is 1. The van der Waals surface area contributed by atoms with Crippen LogP contribution in [0.25, 0.3) is 10.4 Å². The van der Waals surface area contributed by atoms with E-state index in [4.69, 9.17) is 28.7 Å². The van der Waals surface area contributed by atoms with E-state index in [0.717, 1.165) is 0 Å². The number of aromatic nitrogens is 2. The summed E-state index contributed by atoms with van der Waals surface area (Å²) in [5, 5.41) is 15.7. The molecule has 2 aromatic rings. The Morgan fingerprint density at radius 2 is 2.20 bits per heavy atom. The third-order valence-electron chi connectivity index (χ3n) is 3.96. The molecule has 2 heterocycles. The van der Waals surface area contributed by atoms with Crippen LogP contribution in [0.3, 0.4) is 0 Å². The van der Waals surface area contributed by atoms with E-state index in [-0.39, 0.29) is 17.0 Å². The second-order valence-corrected chi connectivity index (χ2v) is 6.27. The molecule has 0 fully saturated rings. The maximum atomic E-state index is 11.4. The summed E-state index contributed by atoms with van der Waals surface area (Å²) in [7, 11) is 0. The van der Waals surface area contributed by atoms with Crippen molar-refractivity contribution < 1.29 is 9.67 Å². The molecule has 0 aliphatic carbocycles. The Morgan fingerprint density at radius 3 is 2.92 bits per heavy atom. The summed E-state index contributed by atoms with van der Waals surface area (Å²) in [4.78, 5) is 8.91. The average molecular weight is 447 g/mol. The van der Waals surface area contributed by atoms with Gasteiger partial charge in [-0.1, -0.05) is 39.4 Å². The molecule has 0 saturated carbocycles. The van der Waals surface area contributed by atoms with Crippen molar-refractivity contribution in [1.29, 1.82) is 0 Å². The number of nitrogens with zero attached hydrogens (tertiary/aromatic N) is 6. The van der Waals surface area contributed by atoms with Crippen molar-refractivity contribution in [2.45, 2.75) is 18.7 Å². The first kappa shape index (κ1) is 19.8. The van der Waals surface area contributed by atoms with E-state index in [1.54, 1.807) is 29.3 Å². The predicted octanol–water partition coefficient (Wildman–Crippen LogP) is 3.62. The van der Waals surface area contributed by atoms with Gasteiger partial charge in [0, 0.05) is 23.1 Å². The molecule has 132 valence electrons. The maximum Gasteiger partial charge on any atom is 0.396 e. The van der Waals surface area contributed by atoms with Crippen LogP contribution in [-0.4, -0.2) is 23.2 Å². The highest BCUT2D eigenvalue weighted by Crippen LogP contribution is 2.36. The Labute approximate surface area is 165 Å². The molecular weight excluding hydrogens is 431 g/mol. The van der Waals surface area contributed by atoms with Gasteiger partial charge in [0.25, 0.3) is 0 Å². The molecule has 1 atom stereocenters. The largest absolute Gasteiger partial charge is 0.396 e. The topological polar surface area (TPSA) is 89.0 Å². The monoisotopic (exact) mass is 445 g/mol. The number of aliphatic hydroxyl groups is 1. The summed E-state index contributed by atoms with van der Waals surface area (Å²) in [6, 6.07) is 6.89. The van der Waals surface area contributed by atoms with Crippen molar-refractivity contribution in [3.05, 3.63) is 62.7 Å². The van der Waals surface area contributed by atoms with Crippen molar-refractivity contribution in [2.75, 3.05) is 18.0 Å². The quantitative estimate of drug-likeness (QED) is 0.250. The van der Waals surface area contributed by atoms with Crippen molar-refractivity contribution in [1.82, 2.24) is 4.98 Å². The van der Waals surface area contributed by atoms with Gasteiger partial charge < -0.3 is 5.11 Å². The van der Waals surface area contributed by atoms with Crippen molar-refractivity contribution >= 4 is 46.1 Å². The van der Waals surface area contributed by atoms with Crippen molar-refractivity contribution in [3.63, 3.8) is 0 Å². The zero-order valence-corrected chi connectivity index (χ0v) is 16.3. The molecule has 10 heteroatoms. The van der Waals surface area contributed by atoms with Gasteiger partial charge in [-0.15, -0.1) is 17.0 Å². The van der Waals surface area contributed by atoms with E-state index in [2.05, 4.69) is 15.0 Å². The summed E-state index contributed by atoms with van der Waals surface area (Å²) in [5.41, 5.74) is 7.74. The molecule has 7 nitrogen and oxygen atoms in total. The smallest absolute Gasteiger partial charge is 0.353 e. The van der Waals surface area contributed by atoms with Gasteiger partial charge >= 0.3 is 5.95 Å². The molecule has 0 bridgehead atoms. The third kappa shape index (κ3) is 3.83. The molecular formula is C15H16BrCl2N6O+. The third-order valence-corrected chi connectivity index (χ3v) is 4.70. The lowest BCUT2D eigenvalue weighted by Crippen LogP contribution is -2.46. The number of azide groups is 1. The zero-order chi connectivity index (χ0) is 17.2. The van der Waals surface area contributed by atoms with E-state index in [9.17, 15) is 5.11 Å². The van der Waals surface area contributed by atoms with Gasteiger partial charge in [0.15, 0.2) is 0 Å². The van der Waals surface area contributed by atoms with Gasteiger partial charge in [-0.05, 0) is 24.1 Å². The molecule has 0 radical (unpaired) electrons. The van der Waals surface area contributed by atoms with Gasteiger partial charge in [-0.25, -0.2) is 9.47 Å². The van der Waals surface area contributed by atoms with Crippen LogP contribution in [-0.2, 0) is 12.3 Å². The first-order valence-corrected chi connectivity index (χ1v) is 8.13. The van der Waals surface area contributed by atoms with E-state index >= 15 is 0 Å². The van der Waals surface area contributed by atoms with Gasteiger partial charge in [0.1, 0.15) is 12.7 Å². The summed E-state index contributed by atoms with van der Waals surface area (Å²) in [6.45, 7) is 1.14. The first-order chi connectivity index (χ1) is 11.6. The van der Waals surface area contributed by atoms with E-state index in [0.29, 0.717) is 47.6 Å². The molecule has 1 aliphatic rings. The highest BCUT2D eigenvalue weighted by atomic mass is 79.9. The minimum Gasteiger partial charge on any atom is -0.353 e. The van der Waals surface area contributed by atoms with Crippen LogP contribution in [0.15, 0.2) is 41.8 Å². The molecule has 1 unspecified atom stereocenters. The normalized spacial score (nSPS) is 18.3. The fourth-order valence-corrected chi connectivity index (χ4v) is 3.15. The fourth-order valence-electron chi connectivity index (χ4n) is 2.85. The van der Waals surface area contributed by atoms with Gasteiger partial charge in [0.05, 0.1) is 22.8 Å². The molecule has 1 aliphatic heterocycles. The standard InChI is InChI=1S/C15H15Cl2N6O.BrH/c16-12-4-3-11(9-13(12)17)15(24)10-22-7-1-5-19-14(22)23(15)8-2-6-20-21-18;/h1,3-5,7,9,24H,2,6,8,10H2;1H/q+1;. The summed E-state index contributed by atoms with van der Waals surface area (Å²) < 4.78 is 1.87. The van der Waals surface area contributed by atoms with Crippen LogP contribution >= 0.6 is 40.2 Å². The van der Waals surface area contributed by atoms with Crippen molar-refractivity contribution in [2.24, 2.45) is 5.11 Å². The summed E-state index contributed by atoms with van der Waals surface area (Å²) in [6.07, 6.45) is 4.12. The Balaban J connectivity index is 0.00000225. The van der Waals surface area contributed by atoms with E-state index in [1.807, 2.05) is 16.8 Å². The second-order valence-electron chi connectivity index (χ2n) is 5.45. The molecule has 3 rings (SSSR count). The zero-order valence-electron chi connectivity index (χ0n) is 13.1. The minimum atomic E-state index is -1.30. The van der Waals surface area contributed by atoms with Crippen molar-refractivity contribution in [3.8, 4) is 0 Å². The number of hydrogen-bond acceptors (Lipinski definition) is 4. The first-order valence-electron chi connectivity index (χ1n) is 7.37. The van der Waals surface area contributed by atoms with Crippen LogP contribution < -0.4 is 9.47 Å². The number of anilines is 1. The van der Waals surface area contributed by atoms with Crippen LogP contribution in [0.5, 0.6) is 0 Å². The fraction of sp³-hybridized carbons (Fsp3) is 0.333. The molecule has 25 heavy (non-hydrogen) atoms. The van der Waals surface area contributed by atoms with Crippen LogP contribution in [0, 0.1) is 0 Å². The highest BCUT2D eigenvalue weighted by Gasteiger charge is 2.51. The van der Waals surface area contributed by atoms with E-state index in [1.165, 1.54) is 0 Å². The Bertz CT molecular complexity index is 816. The SMILES string of the molecule is Br.[N-]=[N+]=NCCCN1c2nccc[n+]2CC1(O)c1ccc(Cl)c(Cl)c1. The number of rotatable bonds is 5. The average Bonchev–Trinajstić information content (AvgIpc) is 2.87. The molecule has 0 spiro atoms. The lowest BCUT2D eigenvalue weighted by Gasteiger charge is -2.28.